The van der Waals surface area contributed by atoms with Crippen LogP contribution >= 0.6 is 11.8 Å². The number of furan rings is 1. The maximum atomic E-state index is 9.13. The van der Waals surface area contributed by atoms with E-state index in [1.807, 2.05) is 36.4 Å². The lowest BCUT2D eigenvalue weighted by Gasteiger charge is -2.35. The van der Waals surface area contributed by atoms with Crippen LogP contribution in [0, 0.1) is 23.2 Å². The minimum Gasteiger partial charge on any atom is -0.467 e. The Labute approximate surface area is 175 Å². The second-order valence-corrected chi connectivity index (χ2v) is 8.84. The van der Waals surface area contributed by atoms with Gasteiger partial charge in [0.05, 0.1) is 24.4 Å². The van der Waals surface area contributed by atoms with Crippen LogP contribution in [0.4, 0.5) is 5.95 Å². The monoisotopic (exact) mass is 407 g/mol. The molecular weight excluding hydrogens is 382 g/mol. The summed E-state index contributed by atoms with van der Waals surface area (Å²) in [5.41, 5.74) is 1.78. The van der Waals surface area contributed by atoms with Gasteiger partial charge in [0.1, 0.15) is 5.76 Å². The van der Waals surface area contributed by atoms with Gasteiger partial charge in [-0.05, 0) is 48.1 Å². The van der Waals surface area contributed by atoms with Crippen LogP contribution in [0.1, 0.15) is 37.2 Å². The fraction of sp³-hybridized carbons (Fsp3) is 0.409. The normalized spacial score (nSPS) is 19.3. The highest BCUT2D eigenvalue weighted by molar-refractivity contribution is 7.98. The zero-order valence-electron chi connectivity index (χ0n) is 16.8. The quantitative estimate of drug-likeness (QED) is 0.558. The van der Waals surface area contributed by atoms with Crippen LogP contribution < -0.4 is 4.90 Å². The van der Waals surface area contributed by atoms with Gasteiger partial charge in [-0.15, -0.1) is 10.2 Å². The predicted molar refractivity (Wildman–Crippen MR) is 114 cm³/mol. The molecule has 1 aliphatic heterocycles. The second-order valence-electron chi connectivity index (χ2n) is 7.90. The molecule has 2 aromatic heterocycles. The molecule has 0 amide bonds. The van der Waals surface area contributed by atoms with Crippen molar-refractivity contribution in [2.75, 3.05) is 18.0 Å². The number of anilines is 1. The molecule has 2 atom stereocenters. The first-order valence-electron chi connectivity index (χ1n) is 9.94. The highest BCUT2D eigenvalue weighted by Crippen LogP contribution is 2.30. The van der Waals surface area contributed by atoms with E-state index in [0.717, 1.165) is 41.3 Å². The van der Waals surface area contributed by atoms with Crippen molar-refractivity contribution in [3.8, 4) is 6.07 Å². The molecule has 1 aromatic carbocycles. The summed E-state index contributed by atoms with van der Waals surface area (Å²) in [6.07, 6.45) is 2.95. The van der Waals surface area contributed by atoms with Gasteiger partial charge in [-0.25, -0.2) is 0 Å². The lowest BCUT2D eigenvalue weighted by Crippen LogP contribution is -2.40. The summed E-state index contributed by atoms with van der Waals surface area (Å²) in [6.45, 7) is 7.20. The SMILES string of the molecule is CC1CC(C)CN(c2nnc(SCc3cccc(C#N)c3)n2Cc2ccco2)C1. The summed E-state index contributed by atoms with van der Waals surface area (Å²) in [5, 5.41) is 19.1. The predicted octanol–water partition coefficient (Wildman–Crippen LogP) is 4.57. The zero-order valence-corrected chi connectivity index (χ0v) is 17.6. The molecule has 0 saturated carbocycles. The number of thioether (sulfide) groups is 1. The molecule has 1 aliphatic rings. The van der Waals surface area contributed by atoms with E-state index in [1.54, 1.807) is 18.0 Å². The molecule has 1 fully saturated rings. The largest absolute Gasteiger partial charge is 0.467 e. The summed E-state index contributed by atoms with van der Waals surface area (Å²) >= 11 is 1.64. The second kappa shape index (κ2) is 8.75. The summed E-state index contributed by atoms with van der Waals surface area (Å²) in [4.78, 5) is 2.36. The highest BCUT2D eigenvalue weighted by atomic mass is 32.2. The first kappa shape index (κ1) is 19.6. The molecule has 7 heteroatoms. The molecule has 150 valence electrons. The average Bonchev–Trinajstić information content (AvgIpc) is 3.36. The van der Waals surface area contributed by atoms with Gasteiger partial charge < -0.3 is 9.32 Å². The van der Waals surface area contributed by atoms with Crippen molar-refractivity contribution in [3.63, 3.8) is 0 Å². The van der Waals surface area contributed by atoms with Crippen LogP contribution in [-0.2, 0) is 12.3 Å². The summed E-state index contributed by atoms with van der Waals surface area (Å²) in [7, 11) is 0. The molecule has 0 N–H and O–H groups in total. The number of benzene rings is 1. The topological polar surface area (TPSA) is 70.9 Å². The maximum absolute atomic E-state index is 9.13. The third-order valence-electron chi connectivity index (χ3n) is 5.17. The molecule has 1 saturated heterocycles. The van der Waals surface area contributed by atoms with E-state index in [4.69, 9.17) is 9.68 Å². The highest BCUT2D eigenvalue weighted by Gasteiger charge is 2.27. The third-order valence-corrected chi connectivity index (χ3v) is 6.20. The molecule has 6 nitrogen and oxygen atoms in total. The summed E-state index contributed by atoms with van der Waals surface area (Å²) < 4.78 is 7.75. The molecule has 0 radical (unpaired) electrons. The summed E-state index contributed by atoms with van der Waals surface area (Å²) in [5.74, 6) is 3.80. The number of hydrogen-bond donors (Lipinski definition) is 0. The number of piperidine rings is 1. The molecule has 0 bridgehead atoms. The maximum Gasteiger partial charge on any atom is 0.228 e. The third kappa shape index (κ3) is 4.65. The van der Waals surface area contributed by atoms with Crippen molar-refractivity contribution in [2.24, 2.45) is 11.8 Å². The van der Waals surface area contributed by atoms with E-state index in [-0.39, 0.29) is 0 Å². The Morgan fingerprint density at radius 3 is 2.72 bits per heavy atom. The summed E-state index contributed by atoms with van der Waals surface area (Å²) in [6, 6.07) is 13.8. The van der Waals surface area contributed by atoms with Crippen molar-refractivity contribution < 1.29 is 4.42 Å². The van der Waals surface area contributed by atoms with E-state index in [9.17, 15) is 0 Å². The number of nitrogens with zero attached hydrogens (tertiary/aromatic N) is 5. The molecule has 4 rings (SSSR count). The van der Waals surface area contributed by atoms with E-state index in [0.29, 0.717) is 23.9 Å². The van der Waals surface area contributed by atoms with Gasteiger partial charge >= 0.3 is 0 Å². The van der Waals surface area contributed by atoms with Crippen LogP contribution in [0.2, 0.25) is 0 Å². The van der Waals surface area contributed by atoms with Crippen LogP contribution in [0.3, 0.4) is 0 Å². The Morgan fingerprint density at radius 1 is 1.17 bits per heavy atom. The fourth-order valence-electron chi connectivity index (χ4n) is 4.02. The molecule has 2 unspecified atom stereocenters. The Bertz CT molecular complexity index is 981. The van der Waals surface area contributed by atoms with Gasteiger partial charge in [0.15, 0.2) is 5.16 Å². The van der Waals surface area contributed by atoms with Crippen LogP contribution in [-0.4, -0.2) is 27.9 Å². The van der Waals surface area contributed by atoms with Gasteiger partial charge in [-0.2, -0.15) is 5.26 Å². The number of rotatable bonds is 6. The van der Waals surface area contributed by atoms with E-state index in [1.165, 1.54) is 6.42 Å². The molecule has 3 heterocycles. The fourth-order valence-corrected chi connectivity index (χ4v) is 4.90. The smallest absolute Gasteiger partial charge is 0.228 e. The lowest BCUT2D eigenvalue weighted by atomic mass is 9.92. The van der Waals surface area contributed by atoms with Crippen molar-refractivity contribution in [1.29, 1.82) is 5.26 Å². The van der Waals surface area contributed by atoms with Crippen molar-refractivity contribution in [1.82, 2.24) is 14.8 Å². The van der Waals surface area contributed by atoms with Crippen molar-refractivity contribution in [2.45, 2.75) is 37.7 Å². The molecule has 3 aromatic rings. The van der Waals surface area contributed by atoms with Crippen molar-refractivity contribution in [3.05, 3.63) is 59.5 Å². The molecule has 0 spiro atoms. The Kier molecular flexibility index (Phi) is 5.91. The minimum atomic E-state index is 0.606. The number of hydrogen-bond acceptors (Lipinski definition) is 6. The molecule has 0 aliphatic carbocycles. The van der Waals surface area contributed by atoms with Gasteiger partial charge in [-0.3, -0.25) is 4.57 Å². The van der Waals surface area contributed by atoms with Crippen molar-refractivity contribution >= 4 is 17.7 Å². The minimum absolute atomic E-state index is 0.606. The van der Waals surface area contributed by atoms with Gasteiger partial charge in [0.25, 0.3) is 0 Å². The van der Waals surface area contributed by atoms with Gasteiger partial charge in [0.2, 0.25) is 5.95 Å². The zero-order chi connectivity index (χ0) is 20.2. The first-order valence-corrected chi connectivity index (χ1v) is 10.9. The van der Waals surface area contributed by atoms with Crippen LogP contribution in [0.5, 0.6) is 0 Å². The lowest BCUT2D eigenvalue weighted by molar-refractivity contribution is 0.350. The number of nitriles is 1. The Balaban J connectivity index is 1.59. The van der Waals surface area contributed by atoms with Gasteiger partial charge in [0, 0.05) is 18.8 Å². The van der Waals surface area contributed by atoms with Gasteiger partial charge in [-0.1, -0.05) is 37.7 Å². The standard InChI is InChI=1S/C22H25N5OS/c1-16-9-17(2)13-26(12-16)21-24-25-22(27(21)14-20-7-4-8-28-20)29-15-19-6-3-5-18(10-19)11-23/h3-8,10,16-17H,9,12-15H2,1-2H3. The van der Waals surface area contributed by atoms with E-state index < -0.39 is 0 Å². The Hall–Kier alpha value is -2.72. The van der Waals surface area contributed by atoms with Crippen LogP contribution in [0.15, 0.2) is 52.2 Å². The van der Waals surface area contributed by atoms with Crippen LogP contribution in [0.25, 0.3) is 0 Å². The Morgan fingerprint density at radius 2 is 2.00 bits per heavy atom. The number of aromatic nitrogens is 3. The molecular formula is C22H25N5OS. The first-order chi connectivity index (χ1) is 14.1. The average molecular weight is 408 g/mol. The van der Waals surface area contributed by atoms with E-state index >= 15 is 0 Å². The molecule has 29 heavy (non-hydrogen) atoms. The van der Waals surface area contributed by atoms with E-state index in [2.05, 4.69) is 39.6 Å².